The van der Waals surface area contributed by atoms with E-state index in [1.165, 1.54) is 69.6 Å². The van der Waals surface area contributed by atoms with Gasteiger partial charge < -0.3 is 37.3 Å². The summed E-state index contributed by atoms with van der Waals surface area (Å²) in [5.41, 5.74) is 17.2. The summed E-state index contributed by atoms with van der Waals surface area (Å²) in [6.45, 7) is 17.7. The Balaban J connectivity index is -0.00000100. The third-order valence-corrected chi connectivity index (χ3v) is 27.0. The molecule has 0 aliphatic heterocycles. The van der Waals surface area contributed by atoms with Crippen LogP contribution in [0.1, 0.15) is 152 Å². The first-order chi connectivity index (χ1) is 40.7. The van der Waals surface area contributed by atoms with Gasteiger partial charge in [-0.25, -0.2) is 54.6 Å². The van der Waals surface area contributed by atoms with Crippen molar-refractivity contribution in [3.05, 3.63) is 82.4 Å². The molecular formula is C57H95Br4Cl5N9NaO10S3Si. The Morgan fingerprint density at radius 2 is 0.867 bits per heavy atom. The van der Waals surface area contributed by atoms with Crippen molar-refractivity contribution in [3.8, 4) is 5.88 Å². The van der Waals surface area contributed by atoms with E-state index in [1.807, 2.05) is 0 Å². The molecule has 0 amide bonds. The average molecular weight is 1710 g/mol. The molecule has 4 fully saturated rings. The van der Waals surface area contributed by atoms with Crippen molar-refractivity contribution in [3.63, 3.8) is 0 Å². The normalized spacial score (nSPS) is 21.3. The first-order valence-corrected chi connectivity index (χ1v) is 41.9. The van der Waals surface area contributed by atoms with Gasteiger partial charge in [-0.05, 0) is 214 Å². The zero-order valence-electron chi connectivity index (χ0n) is 52.9. The van der Waals surface area contributed by atoms with E-state index in [-0.39, 0.29) is 86.0 Å². The summed E-state index contributed by atoms with van der Waals surface area (Å²) in [4.78, 5) is 15.1. The molecule has 0 unspecified atom stereocenters. The number of hydrogen-bond acceptors (Lipinski definition) is 17. The van der Waals surface area contributed by atoms with E-state index in [0.717, 1.165) is 102 Å². The van der Waals surface area contributed by atoms with Crippen LogP contribution in [0.25, 0.3) is 0 Å². The Bertz CT molecular complexity index is 2950. The summed E-state index contributed by atoms with van der Waals surface area (Å²) in [5, 5.41) is 24.8. The SMILES string of the molecule is C.CC(C)(C)[Si](C)(C)Cl.CC1CCC(N)CC1.CC1CCC(NS(=O)(=O)c2cc(Br)cnc2Cl)CC1.CO.COc1ncc(Br)cc1S(=O)(=O)NC1CCC(C)CC1.C[O-].NC1CCC(O)CC1.Nc1cc(Br)cnc1Cl.O=S(=O)(Cl)c1cc(Br)cnc1Cl.[Na+]. The fourth-order valence-corrected chi connectivity index (χ4v) is 14.6. The molecule has 33 heteroatoms. The number of sulfonamides is 2. The maximum atomic E-state index is 12.5. The molecule has 4 aliphatic carbocycles. The van der Waals surface area contributed by atoms with Crippen molar-refractivity contribution in [2.45, 2.75) is 215 Å². The second-order valence-electron chi connectivity index (χ2n) is 23.0. The van der Waals surface area contributed by atoms with Crippen molar-refractivity contribution < 1.29 is 74.9 Å². The fourth-order valence-electron chi connectivity index (χ4n) is 8.07. The van der Waals surface area contributed by atoms with Crippen molar-refractivity contribution in [1.82, 2.24) is 29.4 Å². The van der Waals surface area contributed by atoms with E-state index in [0.29, 0.717) is 53.2 Å². The molecule has 514 valence electrons. The molecule has 0 atom stereocenters. The van der Waals surface area contributed by atoms with Gasteiger partial charge in [-0.2, -0.15) is 18.2 Å². The average Bonchev–Trinajstić information content (AvgIpc) is 0.877. The minimum absolute atomic E-state index is 0. The number of pyridine rings is 4. The number of hydrogen-bond donors (Lipinski definition) is 7. The van der Waals surface area contributed by atoms with Crippen LogP contribution < -0.4 is 66.0 Å². The van der Waals surface area contributed by atoms with Gasteiger partial charge in [0, 0.05) is 84.6 Å². The largest absolute Gasteiger partial charge is 1.00 e. The number of halogens is 9. The van der Waals surface area contributed by atoms with Crippen LogP contribution in [-0.4, -0.2) is 114 Å². The summed E-state index contributed by atoms with van der Waals surface area (Å²) in [6.07, 6.45) is 22.6. The van der Waals surface area contributed by atoms with E-state index in [4.69, 9.17) is 93.8 Å². The number of nitrogens with zero attached hydrogens (tertiary/aromatic N) is 4. The molecule has 0 bridgehead atoms. The third-order valence-electron chi connectivity index (χ3n) is 14.5. The molecule has 8 rings (SSSR count). The Hall–Kier alpha value is 0.357. The zero-order valence-corrected chi connectivity index (χ0v) is 68.4. The summed E-state index contributed by atoms with van der Waals surface area (Å²) in [7, 11) is -4.18. The Morgan fingerprint density at radius 3 is 1.17 bits per heavy atom. The number of aliphatic hydroxyl groups excluding tert-OH is 2. The van der Waals surface area contributed by atoms with Crippen molar-refractivity contribution in [2.24, 2.45) is 29.2 Å². The molecule has 0 spiro atoms. The summed E-state index contributed by atoms with van der Waals surface area (Å²) < 4.78 is 84.2. The summed E-state index contributed by atoms with van der Waals surface area (Å²) in [6, 6.07) is 6.86. The number of aliphatic hydroxyl groups is 2. The summed E-state index contributed by atoms with van der Waals surface area (Å²) >= 11 is 35.7. The van der Waals surface area contributed by atoms with Crippen LogP contribution in [0.3, 0.4) is 0 Å². The molecule has 4 heterocycles. The quantitative estimate of drug-likeness (QED) is 0.0373. The van der Waals surface area contributed by atoms with Crippen LogP contribution in [0.2, 0.25) is 33.6 Å². The molecule has 90 heavy (non-hydrogen) atoms. The maximum Gasteiger partial charge on any atom is 1.00 e. The van der Waals surface area contributed by atoms with E-state index >= 15 is 0 Å². The first kappa shape index (κ1) is 94.5. The van der Waals surface area contributed by atoms with Crippen molar-refractivity contribution >= 4 is 162 Å². The van der Waals surface area contributed by atoms with Crippen molar-refractivity contribution in [1.29, 1.82) is 0 Å². The smallest absolute Gasteiger partial charge is 0.857 e. The number of nitrogens with two attached hydrogens (primary N) is 3. The van der Waals surface area contributed by atoms with E-state index in [2.05, 4.69) is 148 Å². The van der Waals surface area contributed by atoms with Crippen LogP contribution >= 0.6 is 120 Å². The standard InChI is InChI=1S/C13H19BrN2O3S.C12H16BrClN2O2S.C7H15N.C6H15ClSi.C6H13NO.C5H2BrCl2NO2S.C5H4BrClN2.CH4O.CH3O.CH4.Na/c1-9-3-5-11(6-4-9)16-20(17,18)12-7-10(14)8-15-13(12)19-2;1-8-2-4-10(5-3-8)16-19(17,18)11-6-9(13)7-15-12(11)14;1-6-2-4-7(8)5-3-6;1-6(2,3)8(4,5)7;7-5-1-3-6(8)4-2-5;6-3-1-4(12(8,10)11)5(7)9-2-3;6-3-1-4(8)5(7)9-2-3;2*1-2;;/h7-9,11,16H,3-6H2,1-2H3;6-8,10,16H,2-5H2,1H3;6-7H,2-5,8H2,1H3;1-5H3;5-6,8H,1-4,7H2;1-2H;1-2H,8H2;2H,1H3;1H3;1H4;/q;;;;;;;;-1;;+1. The third kappa shape index (κ3) is 39.1. The van der Waals surface area contributed by atoms with Crippen LogP contribution in [0.5, 0.6) is 5.88 Å². The molecular weight excluding hydrogens is 1610 g/mol. The molecule has 19 nitrogen and oxygen atoms in total. The van der Waals surface area contributed by atoms with Crippen LogP contribution in [0.15, 0.2) is 81.6 Å². The van der Waals surface area contributed by atoms with Gasteiger partial charge in [0.25, 0.3) is 9.05 Å². The van der Waals surface area contributed by atoms with Gasteiger partial charge in [-0.1, -0.05) is 96.9 Å². The Kier molecular flexibility index (Phi) is 49.8. The number of aromatic nitrogens is 4. The van der Waals surface area contributed by atoms with E-state index < -0.39 is 36.5 Å². The number of nitrogen functional groups attached to an aromatic ring is 1. The molecule has 0 aromatic carbocycles. The van der Waals surface area contributed by atoms with E-state index in [1.54, 1.807) is 12.3 Å². The molecule has 4 aromatic heterocycles. The Labute approximate surface area is 619 Å². The summed E-state index contributed by atoms with van der Waals surface area (Å²) in [5.74, 6) is 2.41. The number of methoxy groups -OCH3 is 1. The Morgan fingerprint density at radius 1 is 0.578 bits per heavy atom. The van der Waals surface area contributed by atoms with Gasteiger partial charge in [0.2, 0.25) is 25.9 Å². The fraction of sp³-hybridized carbons (Fsp3) is 0.649. The van der Waals surface area contributed by atoms with Crippen LogP contribution in [0, 0.1) is 17.8 Å². The van der Waals surface area contributed by atoms with Gasteiger partial charge in [0.05, 0.1) is 18.9 Å². The van der Waals surface area contributed by atoms with Gasteiger partial charge in [0.15, 0.2) is 12.5 Å². The molecule has 4 aliphatic rings. The van der Waals surface area contributed by atoms with Gasteiger partial charge in [-0.15, -0.1) is 0 Å². The number of nitrogens with one attached hydrogen (secondary N) is 2. The van der Waals surface area contributed by atoms with Crippen molar-refractivity contribution in [2.75, 3.05) is 27.1 Å². The zero-order chi connectivity index (χ0) is 68.0. The maximum absolute atomic E-state index is 12.5. The molecule has 4 saturated carbocycles. The molecule has 4 aromatic rings. The number of anilines is 1. The molecule has 0 saturated heterocycles. The molecule has 10 N–H and O–H groups in total. The first-order valence-electron chi connectivity index (χ1n) is 28.4. The monoisotopic (exact) mass is 1700 g/mol. The minimum atomic E-state index is -3.81. The van der Waals surface area contributed by atoms with Gasteiger partial charge in [0.1, 0.15) is 25.0 Å². The van der Waals surface area contributed by atoms with Crippen LogP contribution in [-0.2, 0) is 29.1 Å². The second kappa shape index (κ2) is 47.4. The topological polar surface area (TPSA) is 329 Å². The predicted molar refractivity (Wildman–Crippen MR) is 382 cm³/mol. The van der Waals surface area contributed by atoms with Gasteiger partial charge in [-0.3, -0.25) is 0 Å². The van der Waals surface area contributed by atoms with Gasteiger partial charge >= 0.3 is 29.6 Å². The second-order valence-corrected chi connectivity index (χ2v) is 40.9. The number of rotatable bonds is 8. The molecule has 0 radical (unpaired) electrons. The van der Waals surface area contributed by atoms with E-state index in [9.17, 15) is 25.3 Å². The predicted octanol–water partition coefficient (Wildman–Crippen LogP) is 11.8. The van der Waals surface area contributed by atoms with Crippen LogP contribution in [0.4, 0.5) is 5.69 Å². The number of ether oxygens (including phenoxy) is 1. The minimum Gasteiger partial charge on any atom is -0.857 e.